The van der Waals surface area contributed by atoms with Gasteiger partial charge in [0.2, 0.25) is 0 Å². The summed E-state index contributed by atoms with van der Waals surface area (Å²) >= 11 is 0. The van der Waals surface area contributed by atoms with Gasteiger partial charge in [-0.25, -0.2) is 4.79 Å². The molecule has 1 fully saturated rings. The van der Waals surface area contributed by atoms with Gasteiger partial charge in [0, 0.05) is 25.7 Å². The summed E-state index contributed by atoms with van der Waals surface area (Å²) in [6.45, 7) is 3.43. The van der Waals surface area contributed by atoms with Crippen LogP contribution in [0.1, 0.15) is 29.3 Å². The maximum atomic E-state index is 12.8. The summed E-state index contributed by atoms with van der Waals surface area (Å²) in [5.41, 5.74) is 0.777. The van der Waals surface area contributed by atoms with E-state index in [1.165, 1.54) is 43.5 Å². The van der Waals surface area contributed by atoms with Gasteiger partial charge in [-0.1, -0.05) is 17.7 Å². The summed E-state index contributed by atoms with van der Waals surface area (Å²) in [5.74, 6) is -0.794. The molecule has 1 saturated heterocycles. The quantitative estimate of drug-likeness (QED) is 0.262. The van der Waals surface area contributed by atoms with Crippen molar-refractivity contribution in [2.75, 3.05) is 7.11 Å². The van der Waals surface area contributed by atoms with Crippen molar-refractivity contribution < 1.29 is 36.5 Å². The Bertz CT molecular complexity index is 1070. The molecular weight excluding hydrogens is 442 g/mol. The van der Waals surface area contributed by atoms with Crippen molar-refractivity contribution in [1.82, 2.24) is 0 Å². The Hall–Kier alpha value is -2.86. The van der Waals surface area contributed by atoms with E-state index in [1.54, 1.807) is 19.1 Å². The number of nitro benzene ring substituents is 1. The van der Waals surface area contributed by atoms with Crippen LogP contribution in [0, 0.1) is 17.0 Å². The van der Waals surface area contributed by atoms with E-state index in [4.69, 9.17) is 18.4 Å². The first-order valence-corrected chi connectivity index (χ1v) is 11.1. The van der Waals surface area contributed by atoms with Crippen molar-refractivity contribution in [2.45, 2.75) is 49.8 Å². The average molecular weight is 465 g/mol. The summed E-state index contributed by atoms with van der Waals surface area (Å²) < 4.78 is 47.4. The van der Waals surface area contributed by atoms with Crippen LogP contribution in [-0.4, -0.2) is 51.0 Å². The first-order chi connectivity index (χ1) is 15.1. The Morgan fingerprint density at radius 1 is 1.12 bits per heavy atom. The maximum Gasteiger partial charge on any atom is 0.338 e. The summed E-state index contributed by atoms with van der Waals surface area (Å²) in [7, 11) is -2.75. The van der Waals surface area contributed by atoms with E-state index in [9.17, 15) is 23.3 Å². The van der Waals surface area contributed by atoms with Gasteiger partial charge in [0.15, 0.2) is 12.4 Å². The highest BCUT2D eigenvalue weighted by molar-refractivity contribution is 7.86. The molecule has 0 aromatic heterocycles. The van der Waals surface area contributed by atoms with Gasteiger partial charge in [0.1, 0.15) is 6.10 Å². The summed E-state index contributed by atoms with van der Waals surface area (Å²) in [4.78, 5) is 22.8. The largest absolute Gasteiger partial charge is 0.453 e. The van der Waals surface area contributed by atoms with Gasteiger partial charge in [-0.15, -0.1) is 0 Å². The minimum Gasteiger partial charge on any atom is -0.453 e. The molecule has 0 radical (unpaired) electrons. The number of esters is 1. The SMILES string of the molecule is COC1CC(OS(=O)(=O)c2ccc(C)cc2)C(OC(=O)c2ccc([N+](=O)[O-])cc2)C(C)O1. The van der Waals surface area contributed by atoms with E-state index >= 15 is 0 Å². The van der Waals surface area contributed by atoms with Crippen molar-refractivity contribution in [1.29, 1.82) is 0 Å². The highest BCUT2D eigenvalue weighted by atomic mass is 32.2. The van der Waals surface area contributed by atoms with Gasteiger partial charge >= 0.3 is 5.97 Å². The lowest BCUT2D eigenvalue weighted by atomic mass is 10.0. The number of benzene rings is 2. The lowest BCUT2D eigenvalue weighted by Gasteiger charge is -2.38. The third kappa shape index (κ3) is 5.49. The summed E-state index contributed by atoms with van der Waals surface area (Å²) in [5, 5.41) is 10.8. The van der Waals surface area contributed by atoms with Crippen LogP contribution < -0.4 is 0 Å². The monoisotopic (exact) mass is 465 g/mol. The number of ether oxygens (including phenoxy) is 3. The van der Waals surface area contributed by atoms with Gasteiger partial charge in [0.05, 0.1) is 21.5 Å². The molecule has 2 aromatic rings. The van der Waals surface area contributed by atoms with Crippen LogP contribution >= 0.6 is 0 Å². The fourth-order valence-corrected chi connectivity index (χ4v) is 4.34. The number of non-ortho nitro benzene ring substituents is 1. The van der Waals surface area contributed by atoms with Gasteiger partial charge < -0.3 is 14.2 Å². The highest BCUT2D eigenvalue weighted by Gasteiger charge is 2.43. The van der Waals surface area contributed by atoms with E-state index in [0.717, 1.165) is 5.56 Å². The Labute approximate surface area is 185 Å². The fourth-order valence-electron chi connectivity index (χ4n) is 3.25. The van der Waals surface area contributed by atoms with E-state index in [-0.39, 0.29) is 22.6 Å². The zero-order chi connectivity index (χ0) is 23.5. The molecule has 1 heterocycles. The van der Waals surface area contributed by atoms with Crippen molar-refractivity contribution >= 4 is 21.8 Å². The van der Waals surface area contributed by atoms with E-state index in [1.807, 2.05) is 6.92 Å². The smallest absolute Gasteiger partial charge is 0.338 e. The standard InChI is InChI=1S/C21H23NO9S/c1-13-4-10-17(11-5-13)32(26,27)31-18-12-19(28-3)29-14(2)20(18)30-21(23)15-6-8-16(9-7-15)22(24)25/h4-11,14,18-20H,12H2,1-3H3. The molecule has 0 spiro atoms. The van der Waals surface area contributed by atoms with Crippen LogP contribution in [0.4, 0.5) is 5.69 Å². The number of nitrogens with zero attached hydrogens (tertiary/aromatic N) is 1. The zero-order valence-electron chi connectivity index (χ0n) is 17.7. The molecule has 4 unspecified atom stereocenters. The number of carbonyl (C=O) groups excluding carboxylic acids is 1. The number of hydrogen-bond donors (Lipinski definition) is 0. The highest BCUT2D eigenvalue weighted by Crippen LogP contribution is 2.29. The molecule has 3 rings (SSSR count). The van der Waals surface area contributed by atoms with Gasteiger partial charge in [-0.05, 0) is 38.1 Å². The summed E-state index contributed by atoms with van der Waals surface area (Å²) in [6.07, 6.45) is -3.63. The second-order valence-electron chi connectivity index (χ2n) is 7.32. The lowest BCUT2D eigenvalue weighted by molar-refractivity contribution is -0.384. The molecule has 2 aromatic carbocycles. The Kier molecular flexibility index (Phi) is 7.24. The number of nitro groups is 1. The molecule has 32 heavy (non-hydrogen) atoms. The third-order valence-electron chi connectivity index (χ3n) is 5.00. The lowest BCUT2D eigenvalue weighted by Crippen LogP contribution is -2.51. The number of carbonyl (C=O) groups is 1. The van der Waals surface area contributed by atoms with Crippen LogP contribution in [0.3, 0.4) is 0 Å². The van der Waals surface area contributed by atoms with E-state index < -0.39 is 45.6 Å². The average Bonchev–Trinajstić information content (AvgIpc) is 2.75. The van der Waals surface area contributed by atoms with Crippen LogP contribution in [0.5, 0.6) is 0 Å². The maximum absolute atomic E-state index is 12.8. The molecule has 1 aliphatic heterocycles. The number of aryl methyl sites for hydroxylation is 1. The molecule has 0 N–H and O–H groups in total. The van der Waals surface area contributed by atoms with Crippen molar-refractivity contribution in [3.05, 3.63) is 69.8 Å². The minimum absolute atomic E-state index is 0.00411. The van der Waals surface area contributed by atoms with Crippen LogP contribution in [0.25, 0.3) is 0 Å². The van der Waals surface area contributed by atoms with E-state index in [0.29, 0.717) is 0 Å². The fraction of sp³-hybridized carbons (Fsp3) is 0.381. The molecular formula is C21H23NO9S. The molecule has 0 saturated carbocycles. The van der Waals surface area contributed by atoms with Gasteiger partial charge in [-0.3, -0.25) is 14.3 Å². The molecule has 0 bridgehead atoms. The van der Waals surface area contributed by atoms with Crippen molar-refractivity contribution in [3.8, 4) is 0 Å². The van der Waals surface area contributed by atoms with Crippen molar-refractivity contribution in [2.24, 2.45) is 0 Å². The van der Waals surface area contributed by atoms with E-state index in [2.05, 4.69) is 0 Å². The first kappa shape index (κ1) is 23.8. The summed E-state index contributed by atoms with van der Waals surface area (Å²) in [6, 6.07) is 11.0. The number of rotatable bonds is 7. The normalized spacial score (nSPS) is 23.5. The van der Waals surface area contributed by atoms with Crippen LogP contribution in [0.2, 0.25) is 0 Å². The Morgan fingerprint density at radius 3 is 2.31 bits per heavy atom. The molecule has 1 aliphatic rings. The zero-order valence-corrected chi connectivity index (χ0v) is 18.5. The number of hydrogen-bond acceptors (Lipinski definition) is 9. The second-order valence-corrected chi connectivity index (χ2v) is 8.89. The predicted octanol–water partition coefficient (Wildman–Crippen LogP) is 2.98. The third-order valence-corrected chi connectivity index (χ3v) is 6.35. The van der Waals surface area contributed by atoms with Gasteiger partial charge in [-0.2, -0.15) is 8.42 Å². The molecule has 0 aliphatic carbocycles. The predicted molar refractivity (Wildman–Crippen MR) is 111 cm³/mol. The molecule has 10 nitrogen and oxygen atoms in total. The Balaban J connectivity index is 1.82. The topological polar surface area (TPSA) is 131 Å². The molecule has 0 amide bonds. The molecule has 172 valence electrons. The minimum atomic E-state index is -4.16. The second kappa shape index (κ2) is 9.74. The van der Waals surface area contributed by atoms with Crippen LogP contribution in [0.15, 0.2) is 53.4 Å². The Morgan fingerprint density at radius 2 is 1.75 bits per heavy atom. The molecule has 11 heteroatoms. The van der Waals surface area contributed by atoms with Gasteiger partial charge in [0.25, 0.3) is 15.8 Å². The number of methoxy groups -OCH3 is 1. The van der Waals surface area contributed by atoms with Crippen molar-refractivity contribution in [3.63, 3.8) is 0 Å². The van der Waals surface area contributed by atoms with Crippen LogP contribution in [-0.2, 0) is 28.5 Å². The molecule has 4 atom stereocenters. The first-order valence-electron chi connectivity index (χ1n) is 9.74.